The molecule has 5 heteroatoms. The van der Waals surface area contributed by atoms with Crippen LogP contribution in [0.1, 0.15) is 5.56 Å². The predicted molar refractivity (Wildman–Crippen MR) is 46.5 cm³/mol. The van der Waals surface area contributed by atoms with E-state index >= 15 is 0 Å². The van der Waals surface area contributed by atoms with E-state index in [1.165, 1.54) is 12.1 Å². The maximum absolute atomic E-state index is 11.1. The Morgan fingerprint density at radius 2 is 1.75 bits per heavy atom. The van der Waals surface area contributed by atoms with E-state index in [1.54, 1.807) is 12.1 Å². The number of rotatable bonds is 2. The van der Waals surface area contributed by atoms with Crippen molar-refractivity contribution >= 4 is 25.8 Å². The SMILES string of the molecule is Cc1ccc(S(=O)(=O)N=[Se])cc1. The van der Waals surface area contributed by atoms with Crippen LogP contribution in [0, 0.1) is 6.92 Å². The van der Waals surface area contributed by atoms with Crippen LogP contribution in [0.15, 0.2) is 32.5 Å². The van der Waals surface area contributed by atoms with Crippen LogP contribution in [0.4, 0.5) is 0 Å². The van der Waals surface area contributed by atoms with Gasteiger partial charge in [0, 0.05) is 0 Å². The second-order valence-electron chi connectivity index (χ2n) is 2.36. The van der Waals surface area contributed by atoms with Crippen molar-refractivity contribution in [3.05, 3.63) is 29.8 Å². The third-order valence-corrected chi connectivity index (χ3v) is 3.72. The third kappa shape index (κ3) is 2.00. The molecule has 0 fully saturated rings. The van der Waals surface area contributed by atoms with E-state index in [1.807, 2.05) is 6.92 Å². The van der Waals surface area contributed by atoms with Crippen molar-refractivity contribution in [2.24, 2.45) is 3.37 Å². The molecule has 0 saturated carbocycles. The van der Waals surface area contributed by atoms with Gasteiger partial charge in [0.15, 0.2) is 0 Å². The van der Waals surface area contributed by atoms with Crippen LogP contribution in [0.5, 0.6) is 0 Å². The van der Waals surface area contributed by atoms with E-state index in [4.69, 9.17) is 0 Å². The topological polar surface area (TPSA) is 46.5 Å². The van der Waals surface area contributed by atoms with E-state index in [0.29, 0.717) is 0 Å². The Labute approximate surface area is 79.5 Å². The Morgan fingerprint density at radius 3 is 2.17 bits per heavy atom. The van der Waals surface area contributed by atoms with Gasteiger partial charge in [0.1, 0.15) is 0 Å². The summed E-state index contributed by atoms with van der Waals surface area (Å²) in [7, 11) is -3.45. The first-order valence-electron chi connectivity index (χ1n) is 3.22. The van der Waals surface area contributed by atoms with Crippen LogP contribution < -0.4 is 0 Å². The summed E-state index contributed by atoms with van der Waals surface area (Å²) in [6, 6.07) is 6.53. The van der Waals surface area contributed by atoms with Crippen LogP contribution in [-0.2, 0) is 10.0 Å². The molecular formula is C7H7NO2SSe. The van der Waals surface area contributed by atoms with Crippen molar-refractivity contribution in [1.82, 2.24) is 0 Å². The number of hydrogen-bond acceptors (Lipinski definition) is 2. The third-order valence-electron chi connectivity index (χ3n) is 1.42. The van der Waals surface area contributed by atoms with Gasteiger partial charge in [-0.15, -0.1) is 0 Å². The van der Waals surface area contributed by atoms with E-state index in [9.17, 15) is 8.42 Å². The van der Waals surface area contributed by atoms with Crippen LogP contribution in [0.25, 0.3) is 0 Å². The molecule has 0 aromatic heterocycles. The number of aryl methyl sites for hydroxylation is 1. The second kappa shape index (κ2) is 3.47. The van der Waals surface area contributed by atoms with E-state index in [-0.39, 0.29) is 4.90 Å². The zero-order valence-electron chi connectivity index (χ0n) is 6.39. The van der Waals surface area contributed by atoms with Gasteiger partial charge in [-0.3, -0.25) is 0 Å². The molecule has 12 heavy (non-hydrogen) atoms. The summed E-state index contributed by atoms with van der Waals surface area (Å²) in [4.78, 5) is 0.215. The zero-order chi connectivity index (χ0) is 9.19. The summed E-state index contributed by atoms with van der Waals surface area (Å²) >= 11 is 2.13. The second-order valence-corrected chi connectivity index (χ2v) is 4.87. The average Bonchev–Trinajstić information content (AvgIpc) is 2.05. The number of sulfonamides is 1. The Bertz CT molecular complexity index is 382. The number of benzene rings is 1. The number of nitrogens with zero attached hydrogens (tertiary/aromatic N) is 1. The molecule has 3 nitrogen and oxygen atoms in total. The van der Waals surface area contributed by atoms with E-state index in [2.05, 4.69) is 19.2 Å². The first-order valence-corrected chi connectivity index (χ1v) is 5.43. The van der Waals surface area contributed by atoms with Crippen LogP contribution in [0.3, 0.4) is 0 Å². The van der Waals surface area contributed by atoms with Crippen molar-refractivity contribution in [3.8, 4) is 0 Å². The molecule has 1 aromatic rings. The van der Waals surface area contributed by atoms with E-state index < -0.39 is 10.0 Å². The van der Waals surface area contributed by atoms with Crippen molar-refractivity contribution < 1.29 is 8.42 Å². The van der Waals surface area contributed by atoms with Crippen LogP contribution in [-0.4, -0.2) is 24.2 Å². The Kier molecular flexibility index (Phi) is 2.77. The van der Waals surface area contributed by atoms with Gasteiger partial charge >= 0.3 is 79.3 Å². The maximum atomic E-state index is 11.1. The molecule has 0 radical (unpaired) electrons. The summed E-state index contributed by atoms with van der Waals surface area (Å²) in [5.74, 6) is 0. The molecule has 1 aromatic carbocycles. The molecule has 0 unspecified atom stereocenters. The molecule has 0 atom stereocenters. The first-order chi connectivity index (χ1) is 5.56. The average molecular weight is 248 g/mol. The van der Waals surface area contributed by atoms with Gasteiger partial charge in [0.2, 0.25) is 0 Å². The van der Waals surface area contributed by atoms with Gasteiger partial charge < -0.3 is 0 Å². The van der Waals surface area contributed by atoms with Crippen molar-refractivity contribution in [1.29, 1.82) is 0 Å². The van der Waals surface area contributed by atoms with Crippen LogP contribution >= 0.6 is 0 Å². The molecule has 0 spiro atoms. The minimum absolute atomic E-state index is 0.215. The van der Waals surface area contributed by atoms with E-state index in [0.717, 1.165) is 5.56 Å². The number of hydrogen-bond donors (Lipinski definition) is 0. The van der Waals surface area contributed by atoms with Crippen molar-refractivity contribution in [3.63, 3.8) is 0 Å². The van der Waals surface area contributed by atoms with Gasteiger partial charge in [-0.1, -0.05) is 0 Å². The van der Waals surface area contributed by atoms with Gasteiger partial charge in [-0.25, -0.2) is 0 Å². The predicted octanol–water partition coefficient (Wildman–Crippen LogP) is 1.04. The Balaban J connectivity index is 3.23. The van der Waals surface area contributed by atoms with Crippen molar-refractivity contribution in [2.45, 2.75) is 11.8 Å². The standard InChI is InChI=1S/C7H7NO2SSe/c1-6-2-4-7(5-3-6)11(9,10)8-12/h2-5H,1H3. The fraction of sp³-hybridized carbons (Fsp3) is 0.143. The summed E-state index contributed by atoms with van der Waals surface area (Å²) in [6.07, 6.45) is 0. The zero-order valence-corrected chi connectivity index (χ0v) is 8.92. The summed E-state index contributed by atoms with van der Waals surface area (Å²) < 4.78 is 25.4. The van der Waals surface area contributed by atoms with Crippen LogP contribution in [0.2, 0.25) is 0 Å². The summed E-state index contributed by atoms with van der Waals surface area (Å²) in [5, 5.41) is 0. The molecule has 1 rings (SSSR count). The Morgan fingerprint density at radius 1 is 1.25 bits per heavy atom. The molecule has 0 heterocycles. The molecule has 0 aliphatic carbocycles. The molecule has 64 valence electrons. The molecule has 0 aliphatic heterocycles. The monoisotopic (exact) mass is 249 g/mol. The van der Waals surface area contributed by atoms with Gasteiger partial charge in [0.05, 0.1) is 0 Å². The molecule has 0 saturated heterocycles. The van der Waals surface area contributed by atoms with Gasteiger partial charge in [-0.05, 0) is 0 Å². The van der Waals surface area contributed by atoms with Gasteiger partial charge in [0.25, 0.3) is 0 Å². The van der Waals surface area contributed by atoms with Gasteiger partial charge in [-0.2, -0.15) is 0 Å². The normalized spacial score (nSPS) is 11.1. The molecule has 0 amide bonds. The summed E-state index contributed by atoms with van der Waals surface area (Å²) in [5.41, 5.74) is 1.02. The Hall–Kier alpha value is -0.511. The molecule has 0 bridgehead atoms. The minimum atomic E-state index is -3.45. The molecule has 0 aliphatic rings. The first kappa shape index (κ1) is 9.58. The fourth-order valence-corrected chi connectivity index (χ4v) is 1.86. The molecule has 0 N–H and O–H groups in total. The summed E-state index contributed by atoms with van der Waals surface area (Å²) in [6.45, 7) is 1.89. The molecular weight excluding hydrogens is 241 g/mol. The fourth-order valence-electron chi connectivity index (χ4n) is 0.753. The quantitative estimate of drug-likeness (QED) is 0.734. The van der Waals surface area contributed by atoms with Crippen molar-refractivity contribution in [2.75, 3.05) is 0 Å².